The molecule has 1 atom stereocenters. The number of aromatic nitrogens is 2. The first-order valence-electron chi connectivity index (χ1n) is 7.13. The Morgan fingerprint density at radius 2 is 2.12 bits per heavy atom. The zero-order valence-electron chi connectivity index (χ0n) is 10.8. The first-order chi connectivity index (χ1) is 8.33. The molecule has 0 saturated carbocycles. The second kappa shape index (κ2) is 4.81. The fourth-order valence-electron chi connectivity index (χ4n) is 3.19. The van der Waals surface area contributed by atoms with E-state index in [9.17, 15) is 0 Å². The van der Waals surface area contributed by atoms with E-state index in [0.717, 1.165) is 6.42 Å². The lowest BCUT2D eigenvalue weighted by Gasteiger charge is -2.15. The Bertz CT molecular complexity index is 377. The number of hydrogen-bond acceptors (Lipinski definition) is 2. The minimum atomic E-state index is 0.663. The van der Waals surface area contributed by atoms with Gasteiger partial charge in [-0.3, -0.25) is 0 Å². The SMILES string of the molecule is CC1CCCc2[nH]c(CCN3CCCC3)nc21. The number of aromatic amines is 1. The van der Waals surface area contributed by atoms with E-state index in [0.29, 0.717) is 5.92 Å². The van der Waals surface area contributed by atoms with Crippen molar-refractivity contribution in [2.45, 2.75) is 51.4 Å². The molecule has 94 valence electrons. The van der Waals surface area contributed by atoms with Crippen molar-refractivity contribution < 1.29 is 0 Å². The van der Waals surface area contributed by atoms with Crippen LogP contribution in [0, 0.1) is 0 Å². The maximum atomic E-state index is 4.81. The summed E-state index contributed by atoms with van der Waals surface area (Å²) in [5.41, 5.74) is 2.77. The zero-order chi connectivity index (χ0) is 11.7. The molecule has 0 radical (unpaired) electrons. The van der Waals surface area contributed by atoms with Crippen LogP contribution in [0.1, 0.15) is 55.7 Å². The largest absolute Gasteiger partial charge is 0.346 e. The Balaban J connectivity index is 1.63. The predicted molar refractivity (Wildman–Crippen MR) is 69.3 cm³/mol. The van der Waals surface area contributed by atoms with Crippen molar-refractivity contribution in [3.05, 3.63) is 17.2 Å². The van der Waals surface area contributed by atoms with Gasteiger partial charge in [-0.1, -0.05) is 6.92 Å². The molecule has 1 N–H and O–H groups in total. The molecule has 2 aliphatic rings. The summed E-state index contributed by atoms with van der Waals surface area (Å²) < 4.78 is 0. The summed E-state index contributed by atoms with van der Waals surface area (Å²) in [6, 6.07) is 0. The van der Waals surface area contributed by atoms with E-state index in [2.05, 4.69) is 16.8 Å². The minimum Gasteiger partial charge on any atom is -0.346 e. The van der Waals surface area contributed by atoms with Gasteiger partial charge in [0.15, 0.2) is 0 Å². The van der Waals surface area contributed by atoms with Gasteiger partial charge in [0.05, 0.1) is 5.69 Å². The van der Waals surface area contributed by atoms with Gasteiger partial charge in [0.1, 0.15) is 5.82 Å². The summed E-state index contributed by atoms with van der Waals surface area (Å²) in [6.45, 7) is 6.07. The van der Waals surface area contributed by atoms with E-state index in [1.54, 1.807) is 0 Å². The van der Waals surface area contributed by atoms with Gasteiger partial charge in [-0.25, -0.2) is 4.98 Å². The average Bonchev–Trinajstić information content (AvgIpc) is 2.95. The molecular weight excluding hydrogens is 210 g/mol. The van der Waals surface area contributed by atoms with Gasteiger partial charge < -0.3 is 9.88 Å². The summed E-state index contributed by atoms with van der Waals surface area (Å²) in [6.07, 6.45) is 7.69. The molecule has 3 rings (SSSR count). The Kier molecular flexibility index (Phi) is 3.19. The van der Waals surface area contributed by atoms with Gasteiger partial charge in [0.2, 0.25) is 0 Å². The second-order valence-corrected chi connectivity index (χ2v) is 5.64. The summed E-state index contributed by atoms with van der Waals surface area (Å²) in [7, 11) is 0. The average molecular weight is 233 g/mol. The Labute approximate surface area is 104 Å². The molecule has 0 aromatic carbocycles. The van der Waals surface area contributed by atoms with E-state index in [1.807, 2.05) is 0 Å². The number of fused-ring (bicyclic) bond motifs is 1. The fraction of sp³-hybridized carbons (Fsp3) is 0.786. The van der Waals surface area contributed by atoms with Crippen molar-refractivity contribution in [3.8, 4) is 0 Å². The van der Waals surface area contributed by atoms with Crippen molar-refractivity contribution in [1.29, 1.82) is 0 Å². The number of hydrogen-bond donors (Lipinski definition) is 1. The third-order valence-electron chi connectivity index (χ3n) is 4.25. The van der Waals surface area contributed by atoms with Gasteiger partial charge in [-0.05, 0) is 45.2 Å². The van der Waals surface area contributed by atoms with Crippen molar-refractivity contribution in [2.75, 3.05) is 19.6 Å². The molecule has 0 amide bonds. The van der Waals surface area contributed by atoms with Gasteiger partial charge >= 0.3 is 0 Å². The lowest BCUT2D eigenvalue weighted by molar-refractivity contribution is 0.341. The first kappa shape index (κ1) is 11.3. The molecule has 1 fully saturated rings. The van der Waals surface area contributed by atoms with Gasteiger partial charge in [-0.2, -0.15) is 0 Å². The normalized spacial score (nSPS) is 25.1. The van der Waals surface area contributed by atoms with Crippen molar-refractivity contribution in [3.63, 3.8) is 0 Å². The lowest BCUT2D eigenvalue weighted by atomic mass is 9.92. The zero-order valence-corrected chi connectivity index (χ0v) is 10.8. The van der Waals surface area contributed by atoms with Crippen LogP contribution in [0.2, 0.25) is 0 Å². The molecule has 3 nitrogen and oxygen atoms in total. The molecule has 0 bridgehead atoms. The smallest absolute Gasteiger partial charge is 0.107 e. The molecule has 1 saturated heterocycles. The monoisotopic (exact) mass is 233 g/mol. The van der Waals surface area contributed by atoms with E-state index in [1.165, 1.54) is 69.0 Å². The van der Waals surface area contributed by atoms with Gasteiger partial charge in [0, 0.05) is 24.6 Å². The third-order valence-corrected chi connectivity index (χ3v) is 4.25. The van der Waals surface area contributed by atoms with Gasteiger partial charge in [0.25, 0.3) is 0 Å². The molecule has 1 unspecified atom stereocenters. The minimum absolute atomic E-state index is 0.663. The van der Waals surface area contributed by atoms with Crippen LogP contribution in [0.25, 0.3) is 0 Å². The Hall–Kier alpha value is -0.830. The predicted octanol–water partition coefficient (Wildman–Crippen LogP) is 2.49. The van der Waals surface area contributed by atoms with Crippen molar-refractivity contribution in [1.82, 2.24) is 14.9 Å². The number of nitrogens with zero attached hydrogens (tertiary/aromatic N) is 2. The third kappa shape index (κ3) is 2.39. The van der Waals surface area contributed by atoms with Crippen LogP contribution < -0.4 is 0 Å². The fourth-order valence-corrected chi connectivity index (χ4v) is 3.19. The molecule has 0 spiro atoms. The second-order valence-electron chi connectivity index (χ2n) is 5.64. The van der Waals surface area contributed by atoms with E-state index in [4.69, 9.17) is 4.98 Å². The number of nitrogens with one attached hydrogen (secondary N) is 1. The number of likely N-dealkylation sites (tertiary alicyclic amines) is 1. The quantitative estimate of drug-likeness (QED) is 0.870. The molecule has 1 aromatic rings. The first-order valence-corrected chi connectivity index (χ1v) is 7.13. The summed E-state index contributed by atoms with van der Waals surface area (Å²) in [5, 5.41) is 0. The highest BCUT2D eigenvalue weighted by Gasteiger charge is 2.21. The number of imidazole rings is 1. The van der Waals surface area contributed by atoms with Crippen molar-refractivity contribution in [2.24, 2.45) is 0 Å². The molecule has 1 aromatic heterocycles. The highest BCUT2D eigenvalue weighted by molar-refractivity contribution is 5.21. The van der Waals surface area contributed by atoms with Crippen LogP contribution >= 0.6 is 0 Å². The van der Waals surface area contributed by atoms with Crippen molar-refractivity contribution >= 4 is 0 Å². The number of aryl methyl sites for hydroxylation is 1. The summed E-state index contributed by atoms with van der Waals surface area (Å²) >= 11 is 0. The maximum Gasteiger partial charge on any atom is 0.107 e. The van der Waals surface area contributed by atoms with Crippen LogP contribution in [-0.2, 0) is 12.8 Å². The number of H-pyrrole nitrogens is 1. The lowest BCUT2D eigenvalue weighted by Crippen LogP contribution is -2.22. The summed E-state index contributed by atoms with van der Waals surface area (Å²) in [5.74, 6) is 1.88. The van der Waals surface area contributed by atoms with E-state index in [-0.39, 0.29) is 0 Å². The van der Waals surface area contributed by atoms with Crippen LogP contribution in [0.3, 0.4) is 0 Å². The van der Waals surface area contributed by atoms with Crippen LogP contribution in [-0.4, -0.2) is 34.5 Å². The number of rotatable bonds is 3. The summed E-state index contributed by atoms with van der Waals surface area (Å²) in [4.78, 5) is 10.9. The standard InChI is InChI=1S/C14H23N3/c1-11-5-4-6-12-14(11)16-13(15-12)7-10-17-8-2-3-9-17/h11H,2-10H2,1H3,(H,15,16). The van der Waals surface area contributed by atoms with Crippen LogP contribution in [0.15, 0.2) is 0 Å². The molecule has 1 aliphatic heterocycles. The molecule has 2 heterocycles. The Morgan fingerprint density at radius 3 is 2.88 bits per heavy atom. The highest BCUT2D eigenvalue weighted by atomic mass is 15.1. The van der Waals surface area contributed by atoms with Gasteiger partial charge in [-0.15, -0.1) is 0 Å². The van der Waals surface area contributed by atoms with Crippen LogP contribution in [0.5, 0.6) is 0 Å². The topological polar surface area (TPSA) is 31.9 Å². The Morgan fingerprint density at radius 1 is 1.29 bits per heavy atom. The van der Waals surface area contributed by atoms with E-state index >= 15 is 0 Å². The molecule has 17 heavy (non-hydrogen) atoms. The van der Waals surface area contributed by atoms with E-state index < -0.39 is 0 Å². The molecule has 1 aliphatic carbocycles. The maximum absolute atomic E-state index is 4.81. The molecule has 3 heteroatoms. The highest BCUT2D eigenvalue weighted by Crippen LogP contribution is 2.29. The molecular formula is C14H23N3. The van der Waals surface area contributed by atoms with Crippen LogP contribution in [0.4, 0.5) is 0 Å².